The molecule has 0 radical (unpaired) electrons. The van der Waals surface area contributed by atoms with Gasteiger partial charge in [0, 0.05) is 20.6 Å². The van der Waals surface area contributed by atoms with Crippen LogP contribution in [0.5, 0.6) is 0 Å². The third-order valence-electron chi connectivity index (χ3n) is 12.2. The fraction of sp³-hybridized carbons (Fsp3) is 0.312. The van der Waals surface area contributed by atoms with Crippen molar-refractivity contribution in [1.82, 2.24) is 39.5 Å². The van der Waals surface area contributed by atoms with E-state index < -0.39 is 18.2 Å². The highest BCUT2D eigenvalue weighted by atomic mass is 16.4. The second-order valence-electron chi connectivity index (χ2n) is 16.0. The van der Waals surface area contributed by atoms with E-state index in [2.05, 4.69) is 73.3 Å². The van der Waals surface area contributed by atoms with Crippen LogP contribution in [-0.4, -0.2) is 96.3 Å². The first-order valence-electron chi connectivity index (χ1n) is 20.9. The summed E-state index contributed by atoms with van der Waals surface area (Å²) in [4.78, 5) is 63.3. The molecular formula is C48H52N8O4. The first-order valence-corrected chi connectivity index (χ1v) is 20.9. The SMILES string of the molecule is C[C@H](c1ncc(-c2ccc(-c3ccc(-c4cnc(C5CCCN5C(=O)[C@H](c5ccccc5)N5CCCCC5)[nH]4)cc3)cc2)[nH]1)N(C)C(=O)C(c1ccccc1)N(C)C(=O)O. The number of rotatable bonds is 12. The highest BCUT2D eigenvalue weighted by Crippen LogP contribution is 2.37. The van der Waals surface area contributed by atoms with Gasteiger partial charge in [0.25, 0.3) is 0 Å². The fourth-order valence-electron chi connectivity index (χ4n) is 8.67. The van der Waals surface area contributed by atoms with Gasteiger partial charge in [-0.05, 0) is 79.1 Å². The lowest BCUT2D eigenvalue weighted by atomic mass is 10.00. The Kier molecular flexibility index (Phi) is 11.9. The van der Waals surface area contributed by atoms with Crippen LogP contribution >= 0.6 is 0 Å². The van der Waals surface area contributed by atoms with E-state index in [0.29, 0.717) is 11.4 Å². The van der Waals surface area contributed by atoms with Crippen LogP contribution in [-0.2, 0) is 9.59 Å². The molecule has 60 heavy (non-hydrogen) atoms. The Morgan fingerprint density at radius 2 is 1.22 bits per heavy atom. The van der Waals surface area contributed by atoms with E-state index in [1.807, 2.05) is 49.5 Å². The third kappa shape index (κ3) is 8.33. The molecule has 4 atom stereocenters. The van der Waals surface area contributed by atoms with Crippen molar-refractivity contribution in [3.05, 3.63) is 144 Å². The maximum atomic E-state index is 14.4. The van der Waals surface area contributed by atoms with Crippen LogP contribution in [0.1, 0.15) is 86.0 Å². The van der Waals surface area contributed by atoms with E-state index in [-0.39, 0.29) is 23.9 Å². The number of H-pyrrole nitrogens is 2. The summed E-state index contributed by atoms with van der Waals surface area (Å²) in [5, 5.41) is 9.73. The van der Waals surface area contributed by atoms with Crippen molar-refractivity contribution in [3.63, 3.8) is 0 Å². The van der Waals surface area contributed by atoms with Gasteiger partial charge in [-0.2, -0.15) is 0 Å². The number of likely N-dealkylation sites (tertiary alicyclic amines) is 2. The summed E-state index contributed by atoms with van der Waals surface area (Å²) in [6, 6.07) is 34.0. The van der Waals surface area contributed by atoms with E-state index in [1.165, 1.54) is 18.4 Å². The highest BCUT2D eigenvalue weighted by molar-refractivity contribution is 5.87. The van der Waals surface area contributed by atoms with Crippen molar-refractivity contribution in [2.45, 2.75) is 63.2 Å². The van der Waals surface area contributed by atoms with Crippen molar-refractivity contribution in [1.29, 1.82) is 0 Å². The minimum Gasteiger partial charge on any atom is -0.465 e. The van der Waals surface area contributed by atoms with Gasteiger partial charge in [0.2, 0.25) is 11.8 Å². The molecule has 0 spiro atoms. The number of aromatic amines is 2. The van der Waals surface area contributed by atoms with Crippen molar-refractivity contribution >= 4 is 17.9 Å². The molecule has 2 unspecified atom stereocenters. The van der Waals surface area contributed by atoms with Gasteiger partial charge in [-0.15, -0.1) is 0 Å². The monoisotopic (exact) mass is 804 g/mol. The number of carbonyl (C=O) groups is 3. The molecule has 2 aromatic heterocycles. The molecule has 0 saturated carbocycles. The number of nitrogens with one attached hydrogen (secondary N) is 2. The lowest BCUT2D eigenvalue weighted by molar-refractivity contribution is -0.139. The summed E-state index contributed by atoms with van der Waals surface area (Å²) in [5.41, 5.74) is 7.48. The Hall–Kier alpha value is -6.53. The predicted molar refractivity (Wildman–Crippen MR) is 231 cm³/mol. The maximum absolute atomic E-state index is 14.4. The number of nitrogens with zero attached hydrogens (tertiary/aromatic N) is 6. The smallest absolute Gasteiger partial charge is 0.407 e. The zero-order valence-corrected chi connectivity index (χ0v) is 34.4. The average Bonchev–Trinajstić information content (AvgIpc) is 4.10. The molecule has 12 heteroatoms. The van der Waals surface area contributed by atoms with Crippen LogP contribution in [0.3, 0.4) is 0 Å². The third-order valence-corrected chi connectivity index (χ3v) is 12.2. The summed E-state index contributed by atoms with van der Waals surface area (Å²) in [6.45, 7) is 4.47. The molecule has 3 amide bonds. The molecular weight excluding hydrogens is 753 g/mol. The molecule has 4 aromatic carbocycles. The number of imidazole rings is 2. The number of carboxylic acid groups (broad SMARTS) is 1. The fourth-order valence-corrected chi connectivity index (χ4v) is 8.67. The van der Waals surface area contributed by atoms with Crippen LogP contribution < -0.4 is 0 Å². The van der Waals surface area contributed by atoms with Crippen LogP contribution in [0.4, 0.5) is 4.79 Å². The molecule has 3 N–H and O–H groups in total. The molecule has 2 saturated heterocycles. The van der Waals surface area contributed by atoms with Crippen LogP contribution in [0.25, 0.3) is 33.6 Å². The van der Waals surface area contributed by atoms with E-state index in [0.717, 1.165) is 95.2 Å². The standard InChI is InChI=1S/C48H52N8O4/c1-32(53(2)46(57)42(54(3)48(59)60)37-14-7-4-8-15-37)44-49-30-39(51-44)35-23-19-33(20-24-35)34-21-25-36(26-22-34)40-31-50-45(52-40)41-18-13-29-56(41)47(58)43(38-16-9-5-10-17-38)55-27-11-6-12-28-55/h4-5,7-10,14-17,19-26,30-32,41-43H,6,11-13,18,27-29H2,1-3H3,(H,49,51)(H,50,52)(H,59,60)/t32-,41?,42?,43+/m1/s1. The van der Waals surface area contributed by atoms with Crippen molar-refractivity contribution < 1.29 is 19.5 Å². The molecule has 0 bridgehead atoms. The van der Waals surface area contributed by atoms with Gasteiger partial charge >= 0.3 is 6.09 Å². The summed E-state index contributed by atoms with van der Waals surface area (Å²) in [6.07, 6.45) is 7.73. The average molecular weight is 805 g/mol. The molecule has 12 nitrogen and oxygen atoms in total. The van der Waals surface area contributed by atoms with Gasteiger partial charge in [-0.3, -0.25) is 19.4 Å². The predicted octanol–water partition coefficient (Wildman–Crippen LogP) is 8.90. The van der Waals surface area contributed by atoms with Crippen molar-refractivity contribution in [2.75, 3.05) is 33.7 Å². The minimum atomic E-state index is -1.19. The largest absolute Gasteiger partial charge is 0.465 e. The number of likely N-dealkylation sites (N-methyl/N-ethyl adjacent to an activating group) is 2. The molecule has 2 aliphatic rings. The molecule has 6 aromatic rings. The molecule has 2 aliphatic heterocycles. The number of piperidine rings is 1. The molecule has 0 aliphatic carbocycles. The maximum Gasteiger partial charge on any atom is 0.407 e. The zero-order chi connectivity index (χ0) is 41.8. The first kappa shape index (κ1) is 40.3. The Morgan fingerprint density at radius 1 is 0.667 bits per heavy atom. The van der Waals surface area contributed by atoms with E-state index in [1.54, 1.807) is 37.5 Å². The number of hydrogen-bond acceptors (Lipinski definition) is 6. The zero-order valence-electron chi connectivity index (χ0n) is 34.4. The van der Waals surface area contributed by atoms with Crippen LogP contribution in [0, 0.1) is 0 Å². The lowest BCUT2D eigenvalue weighted by Crippen LogP contribution is -2.44. The van der Waals surface area contributed by atoms with Crippen LogP contribution in [0.15, 0.2) is 122 Å². The number of aromatic nitrogens is 4. The molecule has 4 heterocycles. The molecule has 2 fully saturated rings. The number of hydrogen-bond donors (Lipinski definition) is 3. The Bertz CT molecular complexity index is 2390. The minimum absolute atomic E-state index is 0.0876. The Morgan fingerprint density at radius 3 is 1.82 bits per heavy atom. The lowest BCUT2D eigenvalue weighted by Gasteiger charge is -2.37. The van der Waals surface area contributed by atoms with Gasteiger partial charge in [-0.1, -0.05) is 116 Å². The summed E-state index contributed by atoms with van der Waals surface area (Å²) in [7, 11) is 3.07. The number of carbonyl (C=O) groups excluding carboxylic acids is 2. The quantitative estimate of drug-likeness (QED) is 0.112. The Balaban J connectivity index is 0.924. The van der Waals surface area contributed by atoms with Gasteiger partial charge in [0.15, 0.2) is 0 Å². The van der Waals surface area contributed by atoms with Gasteiger partial charge in [0.1, 0.15) is 23.7 Å². The Labute approximate surface area is 350 Å². The van der Waals surface area contributed by atoms with E-state index >= 15 is 0 Å². The van der Waals surface area contributed by atoms with Crippen molar-refractivity contribution in [3.8, 4) is 33.6 Å². The summed E-state index contributed by atoms with van der Waals surface area (Å²) < 4.78 is 0. The van der Waals surface area contributed by atoms with Gasteiger partial charge in [0.05, 0.1) is 35.9 Å². The summed E-state index contributed by atoms with van der Waals surface area (Å²) >= 11 is 0. The van der Waals surface area contributed by atoms with Crippen LogP contribution in [0.2, 0.25) is 0 Å². The van der Waals surface area contributed by atoms with E-state index in [4.69, 9.17) is 4.98 Å². The molecule has 308 valence electrons. The topological polar surface area (TPSA) is 142 Å². The highest BCUT2D eigenvalue weighted by Gasteiger charge is 2.39. The second kappa shape index (κ2) is 17.8. The summed E-state index contributed by atoms with van der Waals surface area (Å²) in [5.74, 6) is 1.24. The number of amides is 3. The van der Waals surface area contributed by atoms with Gasteiger partial charge < -0.3 is 24.9 Å². The second-order valence-corrected chi connectivity index (χ2v) is 16.0. The van der Waals surface area contributed by atoms with E-state index in [9.17, 15) is 19.5 Å². The normalized spacial score (nSPS) is 17.2. The van der Waals surface area contributed by atoms with Crippen molar-refractivity contribution in [2.24, 2.45) is 0 Å². The molecule has 8 rings (SSSR count). The number of benzene rings is 4. The van der Waals surface area contributed by atoms with Gasteiger partial charge in [-0.25, -0.2) is 14.8 Å². The first-order chi connectivity index (χ1) is 29.2.